The van der Waals surface area contributed by atoms with Crippen molar-refractivity contribution in [3.63, 3.8) is 0 Å². The summed E-state index contributed by atoms with van der Waals surface area (Å²) in [6.07, 6.45) is 5.50. The fraction of sp³-hybridized carbons (Fsp3) is 0.500. The van der Waals surface area contributed by atoms with Crippen LogP contribution in [0.3, 0.4) is 0 Å². The van der Waals surface area contributed by atoms with Crippen LogP contribution < -0.4 is 10.6 Å². The van der Waals surface area contributed by atoms with Crippen LogP contribution in [0.15, 0.2) is 28.7 Å². The Kier molecular flexibility index (Phi) is 3.57. The number of benzene rings is 1. The molecule has 18 heavy (non-hydrogen) atoms. The molecule has 4 heteroatoms. The molecule has 96 valence electrons. The Bertz CT molecular complexity index is 446. The van der Waals surface area contributed by atoms with Crippen LogP contribution in [0, 0.1) is 11.8 Å². The lowest BCUT2D eigenvalue weighted by molar-refractivity contribution is 0.392. The predicted octanol–water partition coefficient (Wildman–Crippen LogP) is 3.92. The van der Waals surface area contributed by atoms with Gasteiger partial charge in [-0.25, -0.2) is 0 Å². The van der Waals surface area contributed by atoms with Crippen molar-refractivity contribution in [2.45, 2.75) is 31.7 Å². The summed E-state index contributed by atoms with van der Waals surface area (Å²) < 4.78 is 1.08. The Hall–Kier alpha value is -0.610. The Labute approximate surface area is 122 Å². The van der Waals surface area contributed by atoms with Gasteiger partial charge in [0.2, 0.25) is 0 Å². The van der Waals surface area contributed by atoms with Crippen molar-refractivity contribution in [2.24, 2.45) is 11.8 Å². The average Bonchev–Trinajstić information content (AvgIpc) is 2.94. The van der Waals surface area contributed by atoms with E-state index in [0.29, 0.717) is 6.04 Å². The Morgan fingerprint density at radius 2 is 1.94 bits per heavy atom. The molecular weight excluding hydrogens is 308 g/mol. The summed E-state index contributed by atoms with van der Waals surface area (Å²) in [5.74, 6) is 1.79. The first kappa shape index (κ1) is 12.4. The molecule has 2 fully saturated rings. The summed E-state index contributed by atoms with van der Waals surface area (Å²) in [4.78, 5) is 0. The Balaban J connectivity index is 1.54. The van der Waals surface area contributed by atoms with E-state index in [4.69, 9.17) is 12.2 Å². The van der Waals surface area contributed by atoms with Gasteiger partial charge in [0.05, 0.1) is 0 Å². The number of rotatable bonds is 2. The van der Waals surface area contributed by atoms with Crippen molar-refractivity contribution in [1.29, 1.82) is 0 Å². The van der Waals surface area contributed by atoms with Crippen molar-refractivity contribution in [3.05, 3.63) is 28.7 Å². The van der Waals surface area contributed by atoms with Gasteiger partial charge >= 0.3 is 0 Å². The Morgan fingerprint density at radius 3 is 2.56 bits per heavy atom. The molecule has 0 aliphatic heterocycles. The molecule has 2 bridgehead atoms. The number of fused-ring (bicyclic) bond motifs is 2. The van der Waals surface area contributed by atoms with E-state index in [1.807, 2.05) is 24.3 Å². The molecule has 0 amide bonds. The van der Waals surface area contributed by atoms with Crippen LogP contribution in [0.25, 0.3) is 0 Å². The summed E-state index contributed by atoms with van der Waals surface area (Å²) in [6.45, 7) is 0. The first-order valence-electron chi connectivity index (χ1n) is 6.54. The van der Waals surface area contributed by atoms with E-state index in [2.05, 4.69) is 26.6 Å². The van der Waals surface area contributed by atoms with Crippen molar-refractivity contribution in [2.75, 3.05) is 5.32 Å². The summed E-state index contributed by atoms with van der Waals surface area (Å²) in [5, 5.41) is 7.50. The molecule has 3 unspecified atom stereocenters. The molecule has 0 spiro atoms. The quantitative estimate of drug-likeness (QED) is 0.806. The third-order valence-electron chi connectivity index (χ3n) is 4.16. The lowest BCUT2D eigenvalue weighted by atomic mass is 9.96. The van der Waals surface area contributed by atoms with Crippen molar-refractivity contribution in [1.82, 2.24) is 5.32 Å². The zero-order valence-electron chi connectivity index (χ0n) is 10.2. The fourth-order valence-corrected chi connectivity index (χ4v) is 3.82. The number of anilines is 1. The van der Waals surface area contributed by atoms with Gasteiger partial charge in [0, 0.05) is 16.2 Å². The van der Waals surface area contributed by atoms with E-state index in [1.165, 1.54) is 25.7 Å². The third kappa shape index (κ3) is 2.69. The van der Waals surface area contributed by atoms with Gasteiger partial charge in [-0.1, -0.05) is 22.4 Å². The van der Waals surface area contributed by atoms with Gasteiger partial charge in [0.15, 0.2) is 5.11 Å². The van der Waals surface area contributed by atoms with Gasteiger partial charge in [-0.05, 0) is 67.6 Å². The van der Waals surface area contributed by atoms with Crippen LogP contribution in [0.1, 0.15) is 25.7 Å². The van der Waals surface area contributed by atoms with E-state index in [0.717, 1.165) is 27.1 Å². The molecule has 0 aromatic heterocycles. The highest BCUT2D eigenvalue weighted by molar-refractivity contribution is 9.10. The minimum absolute atomic E-state index is 0.596. The summed E-state index contributed by atoms with van der Waals surface area (Å²) in [7, 11) is 0. The topological polar surface area (TPSA) is 24.1 Å². The highest BCUT2D eigenvalue weighted by atomic mass is 79.9. The molecule has 2 nitrogen and oxygen atoms in total. The number of thiocarbonyl (C=S) groups is 1. The number of nitrogens with one attached hydrogen (secondary N) is 2. The van der Waals surface area contributed by atoms with E-state index in [1.54, 1.807) is 0 Å². The van der Waals surface area contributed by atoms with E-state index in [-0.39, 0.29) is 0 Å². The normalized spacial score (nSPS) is 29.3. The SMILES string of the molecule is S=C(Nc1ccc(Br)cc1)NC1CC2CCC1C2. The molecule has 1 aromatic rings. The van der Waals surface area contributed by atoms with Gasteiger partial charge in [0.25, 0.3) is 0 Å². The second-order valence-electron chi connectivity index (χ2n) is 5.39. The molecule has 1 aromatic carbocycles. The fourth-order valence-electron chi connectivity index (χ4n) is 3.29. The maximum Gasteiger partial charge on any atom is 0.171 e. The standard InChI is InChI=1S/C14H17BrN2S/c15-11-3-5-12(6-4-11)16-14(18)17-13-8-9-1-2-10(13)7-9/h3-6,9-10,13H,1-2,7-8H2,(H2,16,17,18). The molecule has 2 N–H and O–H groups in total. The van der Waals surface area contributed by atoms with Gasteiger partial charge < -0.3 is 10.6 Å². The highest BCUT2D eigenvalue weighted by Gasteiger charge is 2.39. The lowest BCUT2D eigenvalue weighted by Crippen LogP contribution is -2.40. The van der Waals surface area contributed by atoms with Gasteiger partial charge in [-0.2, -0.15) is 0 Å². The molecule has 0 radical (unpaired) electrons. The smallest absolute Gasteiger partial charge is 0.171 e. The molecule has 0 saturated heterocycles. The van der Waals surface area contributed by atoms with E-state index >= 15 is 0 Å². The monoisotopic (exact) mass is 324 g/mol. The van der Waals surface area contributed by atoms with Gasteiger partial charge in [0.1, 0.15) is 0 Å². The predicted molar refractivity (Wildman–Crippen MR) is 82.7 cm³/mol. The maximum absolute atomic E-state index is 5.39. The second kappa shape index (κ2) is 5.17. The minimum atomic E-state index is 0.596. The average molecular weight is 325 g/mol. The number of halogens is 1. The minimum Gasteiger partial charge on any atom is -0.359 e. The van der Waals surface area contributed by atoms with Crippen LogP contribution in [-0.2, 0) is 0 Å². The van der Waals surface area contributed by atoms with Crippen molar-refractivity contribution in [3.8, 4) is 0 Å². The largest absolute Gasteiger partial charge is 0.359 e. The van der Waals surface area contributed by atoms with Crippen LogP contribution in [-0.4, -0.2) is 11.2 Å². The van der Waals surface area contributed by atoms with Crippen LogP contribution in [0.4, 0.5) is 5.69 Å². The molecular formula is C14H17BrN2S. The molecule has 2 aliphatic carbocycles. The summed E-state index contributed by atoms with van der Waals surface area (Å²) >= 11 is 8.82. The first-order chi connectivity index (χ1) is 8.70. The van der Waals surface area contributed by atoms with Crippen LogP contribution in [0.2, 0.25) is 0 Å². The van der Waals surface area contributed by atoms with E-state index in [9.17, 15) is 0 Å². The molecule has 0 heterocycles. The van der Waals surface area contributed by atoms with Crippen LogP contribution >= 0.6 is 28.1 Å². The second-order valence-corrected chi connectivity index (χ2v) is 6.71. The molecule has 2 aliphatic rings. The van der Waals surface area contributed by atoms with E-state index < -0.39 is 0 Å². The van der Waals surface area contributed by atoms with Crippen LogP contribution in [0.5, 0.6) is 0 Å². The van der Waals surface area contributed by atoms with Crippen molar-refractivity contribution < 1.29 is 0 Å². The highest BCUT2D eigenvalue weighted by Crippen LogP contribution is 2.44. The number of hydrogen-bond acceptors (Lipinski definition) is 1. The molecule has 3 rings (SSSR count). The van der Waals surface area contributed by atoms with Gasteiger partial charge in [-0.15, -0.1) is 0 Å². The summed E-state index contributed by atoms with van der Waals surface area (Å²) in [5.41, 5.74) is 1.04. The zero-order chi connectivity index (χ0) is 12.5. The lowest BCUT2D eigenvalue weighted by Gasteiger charge is -2.24. The van der Waals surface area contributed by atoms with Crippen molar-refractivity contribution >= 4 is 38.9 Å². The summed E-state index contributed by atoms with van der Waals surface area (Å²) in [6, 6.07) is 8.68. The number of hydrogen-bond donors (Lipinski definition) is 2. The zero-order valence-corrected chi connectivity index (χ0v) is 12.6. The molecule has 3 atom stereocenters. The van der Waals surface area contributed by atoms with Gasteiger partial charge in [-0.3, -0.25) is 0 Å². The first-order valence-corrected chi connectivity index (χ1v) is 7.74. The maximum atomic E-state index is 5.39. The Morgan fingerprint density at radius 1 is 1.17 bits per heavy atom. The molecule has 2 saturated carbocycles. The third-order valence-corrected chi connectivity index (χ3v) is 4.91.